The van der Waals surface area contributed by atoms with Crippen LogP contribution in [0.5, 0.6) is 0 Å². The number of H-pyrrole nitrogens is 1. The van der Waals surface area contributed by atoms with E-state index in [4.69, 9.17) is 0 Å². The monoisotopic (exact) mass is 331 g/mol. The van der Waals surface area contributed by atoms with Crippen molar-refractivity contribution in [1.29, 1.82) is 0 Å². The van der Waals surface area contributed by atoms with Gasteiger partial charge in [-0.3, -0.25) is 20.0 Å². The second-order valence-electron chi connectivity index (χ2n) is 5.37. The van der Waals surface area contributed by atoms with Crippen LogP contribution in [0.25, 0.3) is 0 Å². The van der Waals surface area contributed by atoms with E-state index >= 15 is 0 Å². The summed E-state index contributed by atoms with van der Waals surface area (Å²) in [4.78, 5) is 22.9. The molecule has 1 aromatic heterocycles. The summed E-state index contributed by atoms with van der Waals surface area (Å²) in [5.74, 6) is -0.485. The Labute approximate surface area is 135 Å². The second kappa shape index (κ2) is 8.09. The molecule has 2 atom stereocenters. The minimum absolute atomic E-state index is 0. The molecule has 0 aliphatic carbocycles. The maximum atomic E-state index is 12.3. The van der Waals surface area contributed by atoms with E-state index < -0.39 is 10.8 Å². The fourth-order valence-electron chi connectivity index (χ4n) is 2.63. The van der Waals surface area contributed by atoms with E-state index in [2.05, 4.69) is 20.8 Å². The molecule has 1 aliphatic heterocycles. The molecule has 124 valence electrons. The van der Waals surface area contributed by atoms with Crippen LogP contribution in [0.3, 0.4) is 0 Å². The minimum atomic E-state index is -0.536. The van der Waals surface area contributed by atoms with Crippen LogP contribution in [0.2, 0.25) is 0 Å². The number of piperidine rings is 1. The second-order valence-corrected chi connectivity index (χ2v) is 5.37. The number of aryl methyl sites for hydroxylation is 1. The van der Waals surface area contributed by atoms with E-state index in [1.54, 1.807) is 0 Å². The summed E-state index contributed by atoms with van der Waals surface area (Å²) in [7, 11) is 0. The van der Waals surface area contributed by atoms with E-state index in [-0.39, 0.29) is 35.9 Å². The van der Waals surface area contributed by atoms with E-state index in [1.807, 2.05) is 13.8 Å². The van der Waals surface area contributed by atoms with E-state index in [0.717, 1.165) is 25.8 Å². The molecule has 22 heavy (non-hydrogen) atoms. The van der Waals surface area contributed by atoms with E-state index in [9.17, 15) is 14.9 Å². The van der Waals surface area contributed by atoms with Crippen molar-refractivity contribution < 1.29 is 9.72 Å². The van der Waals surface area contributed by atoms with Gasteiger partial charge in [0.1, 0.15) is 5.69 Å². The van der Waals surface area contributed by atoms with Gasteiger partial charge >= 0.3 is 5.69 Å². The number of carbonyl (C=O) groups is 1. The third kappa shape index (κ3) is 3.95. The first kappa shape index (κ1) is 18.4. The Bertz CT molecular complexity index is 534. The van der Waals surface area contributed by atoms with Gasteiger partial charge in [0.25, 0.3) is 5.91 Å². The van der Waals surface area contributed by atoms with Crippen molar-refractivity contribution >= 4 is 24.0 Å². The fourth-order valence-corrected chi connectivity index (χ4v) is 2.63. The summed E-state index contributed by atoms with van der Waals surface area (Å²) in [6, 6.07) is 0.119. The summed E-state index contributed by atoms with van der Waals surface area (Å²) in [5.41, 5.74) is 0.0782. The Morgan fingerprint density at radius 3 is 2.86 bits per heavy atom. The van der Waals surface area contributed by atoms with Gasteiger partial charge in [0.15, 0.2) is 0 Å². The Balaban J connectivity index is 0.00000242. The number of nitrogens with one attached hydrogen (secondary N) is 3. The van der Waals surface area contributed by atoms with Crippen molar-refractivity contribution in [3.63, 3.8) is 0 Å². The van der Waals surface area contributed by atoms with Crippen molar-refractivity contribution in [3.05, 3.63) is 21.5 Å². The molecule has 9 heteroatoms. The molecule has 0 radical (unpaired) electrons. The van der Waals surface area contributed by atoms with Gasteiger partial charge in [-0.05, 0) is 32.7 Å². The van der Waals surface area contributed by atoms with Gasteiger partial charge in [0.05, 0.1) is 4.92 Å². The van der Waals surface area contributed by atoms with Crippen LogP contribution in [0.1, 0.15) is 49.3 Å². The lowest BCUT2D eigenvalue weighted by Crippen LogP contribution is -2.52. The molecule has 0 bridgehead atoms. The fraction of sp³-hybridized carbons (Fsp3) is 0.692. The molecule has 2 heterocycles. The molecule has 0 saturated carbocycles. The topological polar surface area (TPSA) is 113 Å². The molecular weight excluding hydrogens is 310 g/mol. The molecule has 1 aliphatic rings. The number of aromatic nitrogens is 2. The van der Waals surface area contributed by atoms with Crippen LogP contribution < -0.4 is 10.6 Å². The lowest BCUT2D eigenvalue weighted by Gasteiger charge is -2.30. The molecule has 2 rings (SSSR count). The molecule has 1 aromatic rings. The number of amides is 1. The number of nitrogens with zero attached hydrogens (tertiary/aromatic N) is 2. The van der Waals surface area contributed by atoms with Crippen LogP contribution in [0.15, 0.2) is 0 Å². The molecule has 8 nitrogen and oxygen atoms in total. The van der Waals surface area contributed by atoms with Crippen LogP contribution in [0, 0.1) is 10.1 Å². The number of rotatable bonds is 5. The van der Waals surface area contributed by atoms with Gasteiger partial charge in [-0.2, -0.15) is 5.10 Å². The predicted molar refractivity (Wildman–Crippen MR) is 84.4 cm³/mol. The average Bonchev–Trinajstić information content (AvgIpc) is 2.86. The zero-order chi connectivity index (χ0) is 15.4. The van der Waals surface area contributed by atoms with E-state index in [1.165, 1.54) is 0 Å². The van der Waals surface area contributed by atoms with Crippen molar-refractivity contribution in [2.24, 2.45) is 0 Å². The molecule has 0 aromatic carbocycles. The van der Waals surface area contributed by atoms with Gasteiger partial charge in [0.2, 0.25) is 5.69 Å². The van der Waals surface area contributed by atoms with Crippen LogP contribution in [0.4, 0.5) is 5.69 Å². The average molecular weight is 332 g/mol. The Hall–Kier alpha value is -1.67. The maximum Gasteiger partial charge on any atom is 0.322 e. The number of halogens is 1. The van der Waals surface area contributed by atoms with Gasteiger partial charge in [-0.25, -0.2) is 0 Å². The number of hydrogen-bond acceptors (Lipinski definition) is 5. The van der Waals surface area contributed by atoms with Gasteiger partial charge in [-0.1, -0.05) is 13.3 Å². The zero-order valence-corrected chi connectivity index (χ0v) is 13.5. The lowest BCUT2D eigenvalue weighted by molar-refractivity contribution is -0.385. The van der Waals surface area contributed by atoms with Gasteiger partial charge in [-0.15, -0.1) is 12.4 Å². The van der Waals surface area contributed by atoms with Crippen LogP contribution in [-0.2, 0) is 6.42 Å². The first-order chi connectivity index (χ1) is 10.0. The highest BCUT2D eigenvalue weighted by Crippen LogP contribution is 2.22. The van der Waals surface area contributed by atoms with E-state index in [0.29, 0.717) is 12.1 Å². The first-order valence-corrected chi connectivity index (χ1v) is 7.30. The predicted octanol–water partition coefficient (Wildman–Crippen LogP) is 1.56. The van der Waals surface area contributed by atoms with Crippen LogP contribution in [-0.4, -0.2) is 39.7 Å². The number of nitro groups is 1. The van der Waals surface area contributed by atoms with Crippen molar-refractivity contribution in [2.75, 3.05) is 6.54 Å². The van der Waals surface area contributed by atoms with Crippen molar-refractivity contribution in [2.45, 2.75) is 51.6 Å². The third-order valence-corrected chi connectivity index (χ3v) is 3.79. The number of hydrogen-bond donors (Lipinski definition) is 3. The molecule has 1 amide bonds. The molecular formula is C13H22ClN5O3. The third-order valence-electron chi connectivity index (χ3n) is 3.79. The quantitative estimate of drug-likeness (QED) is 0.560. The van der Waals surface area contributed by atoms with Crippen molar-refractivity contribution in [3.8, 4) is 0 Å². The Kier molecular flexibility index (Phi) is 6.76. The normalized spacial score (nSPS) is 21.0. The molecule has 1 fully saturated rings. The highest BCUT2D eigenvalue weighted by Gasteiger charge is 2.31. The van der Waals surface area contributed by atoms with Gasteiger partial charge in [0, 0.05) is 12.1 Å². The molecule has 2 unspecified atom stereocenters. The first-order valence-electron chi connectivity index (χ1n) is 7.30. The summed E-state index contributed by atoms with van der Waals surface area (Å²) in [6.45, 7) is 4.84. The molecule has 0 spiro atoms. The summed E-state index contributed by atoms with van der Waals surface area (Å²) < 4.78 is 0. The highest BCUT2D eigenvalue weighted by atomic mass is 35.5. The van der Waals surface area contributed by atoms with Gasteiger partial charge < -0.3 is 10.6 Å². The molecule has 1 saturated heterocycles. The standard InChI is InChI=1S/C13H21N5O3.ClH/c1-3-5-10-12(18(20)21)11(17-16-10)13(19)15-9-6-4-7-14-8(9)2;/h8-9,14H,3-7H2,1-2H3,(H,15,19)(H,16,17);1H. The Morgan fingerprint density at radius 1 is 1.55 bits per heavy atom. The number of aromatic amines is 1. The van der Waals surface area contributed by atoms with Crippen molar-refractivity contribution in [1.82, 2.24) is 20.8 Å². The summed E-state index contributed by atoms with van der Waals surface area (Å²) in [5, 5.41) is 23.8. The minimum Gasteiger partial charge on any atom is -0.346 e. The highest BCUT2D eigenvalue weighted by molar-refractivity contribution is 5.96. The smallest absolute Gasteiger partial charge is 0.322 e. The molecule has 3 N–H and O–H groups in total. The summed E-state index contributed by atoms with van der Waals surface area (Å²) >= 11 is 0. The number of carbonyl (C=O) groups excluding carboxylic acids is 1. The Morgan fingerprint density at radius 2 is 2.27 bits per heavy atom. The largest absolute Gasteiger partial charge is 0.346 e. The maximum absolute atomic E-state index is 12.3. The van der Waals surface area contributed by atoms with Crippen LogP contribution >= 0.6 is 12.4 Å². The summed E-state index contributed by atoms with van der Waals surface area (Å²) in [6.07, 6.45) is 3.07. The zero-order valence-electron chi connectivity index (χ0n) is 12.7. The lowest BCUT2D eigenvalue weighted by atomic mass is 10.00. The SMILES string of the molecule is CCCc1[nH]nc(C(=O)NC2CCCNC2C)c1[N+](=O)[O-].Cl.